The average molecular weight is 245 g/mol. The van der Waals surface area contributed by atoms with Gasteiger partial charge in [0.05, 0.1) is 0 Å². The normalized spacial score (nSPS) is 16.9. The predicted molar refractivity (Wildman–Crippen MR) is 65.7 cm³/mol. The standard InChI is InChI=1S/C12H15N5O/c1-3-17(4-2-13-1)8-10-5-11(7-14-6-10)12-15-9-18-16-12/h5-7,9,13H,1-4,8H2. The van der Waals surface area contributed by atoms with Crippen molar-refractivity contribution in [1.29, 1.82) is 0 Å². The topological polar surface area (TPSA) is 67.1 Å². The van der Waals surface area contributed by atoms with E-state index in [0.717, 1.165) is 38.3 Å². The van der Waals surface area contributed by atoms with Crippen molar-refractivity contribution in [1.82, 2.24) is 25.3 Å². The number of nitrogens with zero attached hydrogens (tertiary/aromatic N) is 4. The van der Waals surface area contributed by atoms with Gasteiger partial charge in [-0.3, -0.25) is 9.88 Å². The third-order valence-electron chi connectivity index (χ3n) is 3.03. The third kappa shape index (κ3) is 2.55. The highest BCUT2D eigenvalue weighted by molar-refractivity contribution is 5.53. The molecule has 2 aromatic rings. The molecule has 1 aliphatic rings. The number of nitrogens with one attached hydrogen (secondary N) is 1. The smallest absolute Gasteiger partial charge is 0.214 e. The second-order valence-electron chi connectivity index (χ2n) is 4.36. The van der Waals surface area contributed by atoms with Gasteiger partial charge in [-0.1, -0.05) is 5.16 Å². The minimum Gasteiger partial charge on any atom is -0.342 e. The summed E-state index contributed by atoms with van der Waals surface area (Å²) in [5.41, 5.74) is 2.08. The molecule has 3 rings (SSSR count). The summed E-state index contributed by atoms with van der Waals surface area (Å²) >= 11 is 0. The van der Waals surface area contributed by atoms with Crippen LogP contribution in [0.2, 0.25) is 0 Å². The van der Waals surface area contributed by atoms with Crippen LogP contribution in [0, 0.1) is 0 Å². The zero-order valence-electron chi connectivity index (χ0n) is 10.0. The predicted octanol–water partition coefficient (Wildman–Crippen LogP) is 0.537. The van der Waals surface area contributed by atoms with Crippen molar-refractivity contribution >= 4 is 0 Å². The van der Waals surface area contributed by atoms with E-state index in [1.165, 1.54) is 12.0 Å². The Balaban J connectivity index is 1.74. The van der Waals surface area contributed by atoms with E-state index >= 15 is 0 Å². The van der Waals surface area contributed by atoms with Gasteiger partial charge in [0.15, 0.2) is 0 Å². The Kier molecular flexibility index (Phi) is 3.29. The van der Waals surface area contributed by atoms with Gasteiger partial charge >= 0.3 is 0 Å². The summed E-state index contributed by atoms with van der Waals surface area (Å²) in [5.74, 6) is 0.588. The molecule has 0 saturated carbocycles. The summed E-state index contributed by atoms with van der Waals surface area (Å²) in [7, 11) is 0. The van der Waals surface area contributed by atoms with Gasteiger partial charge in [0.25, 0.3) is 0 Å². The molecule has 18 heavy (non-hydrogen) atoms. The van der Waals surface area contributed by atoms with Crippen LogP contribution in [0.5, 0.6) is 0 Å². The summed E-state index contributed by atoms with van der Waals surface area (Å²) in [6, 6.07) is 2.07. The van der Waals surface area contributed by atoms with E-state index in [0.29, 0.717) is 5.82 Å². The van der Waals surface area contributed by atoms with Crippen LogP contribution in [-0.2, 0) is 6.54 Å². The van der Waals surface area contributed by atoms with E-state index in [9.17, 15) is 0 Å². The summed E-state index contributed by atoms with van der Waals surface area (Å²) in [6.07, 6.45) is 4.98. The Labute approximate surface area is 105 Å². The second-order valence-corrected chi connectivity index (χ2v) is 4.36. The van der Waals surface area contributed by atoms with E-state index in [-0.39, 0.29) is 0 Å². The van der Waals surface area contributed by atoms with E-state index < -0.39 is 0 Å². The third-order valence-corrected chi connectivity index (χ3v) is 3.03. The van der Waals surface area contributed by atoms with E-state index in [4.69, 9.17) is 4.52 Å². The SMILES string of the molecule is c1nc(-c2cncc(CN3CCNCC3)c2)no1. The molecule has 0 aromatic carbocycles. The summed E-state index contributed by atoms with van der Waals surface area (Å²) in [6.45, 7) is 5.18. The first-order valence-electron chi connectivity index (χ1n) is 6.05. The molecular weight excluding hydrogens is 230 g/mol. The van der Waals surface area contributed by atoms with Gasteiger partial charge in [0, 0.05) is 50.7 Å². The molecule has 0 aliphatic carbocycles. The molecule has 0 amide bonds. The van der Waals surface area contributed by atoms with Crippen LogP contribution in [0.1, 0.15) is 5.56 Å². The fraction of sp³-hybridized carbons (Fsp3) is 0.417. The van der Waals surface area contributed by atoms with Crippen molar-refractivity contribution in [2.75, 3.05) is 26.2 Å². The lowest BCUT2D eigenvalue weighted by molar-refractivity contribution is 0.233. The molecule has 1 aliphatic heterocycles. The molecule has 1 N–H and O–H groups in total. The Morgan fingerprint density at radius 2 is 2.17 bits per heavy atom. The zero-order chi connectivity index (χ0) is 12.2. The molecular formula is C12H15N5O. The van der Waals surface area contributed by atoms with Crippen LogP contribution in [-0.4, -0.2) is 46.2 Å². The van der Waals surface area contributed by atoms with Crippen molar-refractivity contribution in [2.24, 2.45) is 0 Å². The van der Waals surface area contributed by atoms with Crippen LogP contribution >= 0.6 is 0 Å². The molecule has 94 valence electrons. The van der Waals surface area contributed by atoms with Gasteiger partial charge in [-0.25, -0.2) is 0 Å². The lowest BCUT2D eigenvalue weighted by atomic mass is 10.2. The first-order valence-corrected chi connectivity index (χ1v) is 6.05. The maximum atomic E-state index is 4.75. The van der Waals surface area contributed by atoms with Crippen molar-refractivity contribution in [2.45, 2.75) is 6.54 Å². The minimum atomic E-state index is 0.588. The number of piperazine rings is 1. The van der Waals surface area contributed by atoms with Gasteiger partial charge in [-0.2, -0.15) is 4.98 Å². The van der Waals surface area contributed by atoms with Crippen LogP contribution in [0.15, 0.2) is 29.4 Å². The number of hydrogen-bond acceptors (Lipinski definition) is 6. The molecule has 2 aromatic heterocycles. The lowest BCUT2D eigenvalue weighted by Crippen LogP contribution is -2.42. The zero-order valence-corrected chi connectivity index (χ0v) is 10.0. The van der Waals surface area contributed by atoms with Gasteiger partial charge < -0.3 is 9.84 Å². The fourth-order valence-corrected chi connectivity index (χ4v) is 2.12. The molecule has 0 radical (unpaired) electrons. The van der Waals surface area contributed by atoms with Gasteiger partial charge in [0.2, 0.25) is 12.2 Å². The molecule has 6 heteroatoms. The van der Waals surface area contributed by atoms with Crippen LogP contribution in [0.25, 0.3) is 11.4 Å². The van der Waals surface area contributed by atoms with Crippen LogP contribution < -0.4 is 5.32 Å². The maximum absolute atomic E-state index is 4.75. The highest BCUT2D eigenvalue weighted by Crippen LogP contribution is 2.15. The molecule has 0 unspecified atom stereocenters. The maximum Gasteiger partial charge on any atom is 0.214 e. The Bertz CT molecular complexity index is 493. The number of aromatic nitrogens is 3. The Morgan fingerprint density at radius 3 is 2.94 bits per heavy atom. The van der Waals surface area contributed by atoms with Crippen LogP contribution in [0.3, 0.4) is 0 Å². The fourth-order valence-electron chi connectivity index (χ4n) is 2.12. The van der Waals surface area contributed by atoms with Crippen molar-refractivity contribution in [3.05, 3.63) is 30.4 Å². The van der Waals surface area contributed by atoms with Crippen LogP contribution in [0.4, 0.5) is 0 Å². The van der Waals surface area contributed by atoms with E-state index in [1.807, 2.05) is 6.20 Å². The quantitative estimate of drug-likeness (QED) is 0.851. The summed E-state index contributed by atoms with van der Waals surface area (Å²) < 4.78 is 4.75. The molecule has 1 saturated heterocycles. The molecule has 3 heterocycles. The molecule has 0 bridgehead atoms. The van der Waals surface area contributed by atoms with E-state index in [2.05, 4.69) is 31.4 Å². The number of pyridine rings is 1. The number of rotatable bonds is 3. The summed E-state index contributed by atoms with van der Waals surface area (Å²) in [4.78, 5) is 10.7. The summed E-state index contributed by atoms with van der Waals surface area (Å²) in [5, 5.41) is 7.17. The highest BCUT2D eigenvalue weighted by Gasteiger charge is 2.11. The second kappa shape index (κ2) is 5.24. The van der Waals surface area contributed by atoms with Crippen molar-refractivity contribution in [3.8, 4) is 11.4 Å². The first-order chi connectivity index (χ1) is 8.92. The van der Waals surface area contributed by atoms with Crippen molar-refractivity contribution in [3.63, 3.8) is 0 Å². The first kappa shape index (κ1) is 11.3. The molecule has 6 nitrogen and oxygen atoms in total. The monoisotopic (exact) mass is 245 g/mol. The number of hydrogen-bond donors (Lipinski definition) is 1. The Hall–Kier alpha value is -1.79. The molecule has 0 atom stereocenters. The Morgan fingerprint density at radius 1 is 1.28 bits per heavy atom. The largest absolute Gasteiger partial charge is 0.342 e. The average Bonchev–Trinajstić information content (AvgIpc) is 2.94. The van der Waals surface area contributed by atoms with Gasteiger partial charge in [0.1, 0.15) is 0 Å². The van der Waals surface area contributed by atoms with Crippen molar-refractivity contribution < 1.29 is 4.52 Å². The van der Waals surface area contributed by atoms with Gasteiger partial charge in [-0.05, 0) is 11.6 Å². The van der Waals surface area contributed by atoms with E-state index in [1.54, 1.807) is 6.20 Å². The lowest BCUT2D eigenvalue weighted by Gasteiger charge is -2.27. The molecule has 1 fully saturated rings. The highest BCUT2D eigenvalue weighted by atomic mass is 16.5. The minimum absolute atomic E-state index is 0.588. The molecule has 0 spiro atoms. The van der Waals surface area contributed by atoms with Gasteiger partial charge in [-0.15, -0.1) is 0 Å².